The average molecular weight is 399 g/mol. The van der Waals surface area contributed by atoms with Crippen LogP contribution in [0.4, 0.5) is 5.69 Å². The lowest BCUT2D eigenvalue weighted by atomic mass is 10.1. The molecule has 0 atom stereocenters. The van der Waals surface area contributed by atoms with Crippen LogP contribution in [0.2, 0.25) is 5.02 Å². The highest BCUT2D eigenvalue weighted by atomic mass is 79.9. The van der Waals surface area contributed by atoms with Crippen molar-refractivity contribution in [1.82, 2.24) is 9.47 Å². The summed E-state index contributed by atoms with van der Waals surface area (Å²) in [6.45, 7) is 2.62. The number of rotatable bonds is 4. The van der Waals surface area contributed by atoms with Gasteiger partial charge in [0.25, 0.3) is 11.8 Å². The van der Waals surface area contributed by atoms with E-state index in [2.05, 4.69) is 21.2 Å². The third kappa shape index (κ3) is 3.95. The second-order valence-electron chi connectivity index (χ2n) is 5.18. The van der Waals surface area contributed by atoms with Gasteiger partial charge in [-0.25, -0.2) is 0 Å². The Balaban J connectivity index is 2.30. The van der Waals surface area contributed by atoms with Crippen molar-refractivity contribution in [2.24, 2.45) is 0 Å². The van der Waals surface area contributed by atoms with E-state index in [0.717, 1.165) is 4.47 Å². The number of halogens is 2. The minimum Gasteiger partial charge on any atom is -0.345 e. The van der Waals surface area contributed by atoms with E-state index in [9.17, 15) is 9.59 Å². The summed E-state index contributed by atoms with van der Waals surface area (Å²) in [6.07, 6.45) is 1.84. The van der Waals surface area contributed by atoms with Crippen molar-refractivity contribution in [3.8, 4) is 0 Å². The number of hydrogen-bond acceptors (Lipinski definition) is 2. The fraction of sp³-hybridized carbons (Fsp3) is 0.250. The maximum absolute atomic E-state index is 12.5. The molecule has 0 bridgehead atoms. The normalized spacial score (nSPS) is 10.5. The van der Waals surface area contributed by atoms with Gasteiger partial charge in [0.05, 0.1) is 10.7 Å². The van der Waals surface area contributed by atoms with Crippen molar-refractivity contribution in [3.63, 3.8) is 0 Å². The Morgan fingerprint density at radius 3 is 2.61 bits per heavy atom. The van der Waals surface area contributed by atoms with E-state index in [-0.39, 0.29) is 11.8 Å². The summed E-state index contributed by atoms with van der Waals surface area (Å²) in [4.78, 5) is 26.0. The van der Waals surface area contributed by atoms with Gasteiger partial charge in [-0.05, 0) is 47.1 Å². The molecule has 23 heavy (non-hydrogen) atoms. The Bertz CT molecular complexity index is 756. The van der Waals surface area contributed by atoms with Crippen molar-refractivity contribution >= 4 is 45.0 Å². The molecule has 1 aromatic carbocycles. The van der Waals surface area contributed by atoms with Gasteiger partial charge in [-0.1, -0.05) is 11.6 Å². The van der Waals surface area contributed by atoms with Crippen LogP contribution in [0.15, 0.2) is 34.9 Å². The molecule has 5 nitrogen and oxygen atoms in total. The van der Waals surface area contributed by atoms with Gasteiger partial charge >= 0.3 is 0 Å². The molecule has 0 aliphatic carbocycles. The topological polar surface area (TPSA) is 54.3 Å². The van der Waals surface area contributed by atoms with Gasteiger partial charge in [0, 0.05) is 36.9 Å². The lowest BCUT2D eigenvalue weighted by Crippen LogP contribution is -2.22. The number of benzene rings is 1. The highest BCUT2D eigenvalue weighted by molar-refractivity contribution is 9.10. The molecule has 2 amide bonds. The van der Waals surface area contributed by atoms with Crippen molar-refractivity contribution in [2.45, 2.75) is 13.5 Å². The number of amides is 2. The SMILES string of the molecule is CCn1cc(Br)cc1C(=O)Nc1cc(C(=O)N(C)C)ccc1Cl. The molecule has 122 valence electrons. The standard InChI is InChI=1S/C16H17BrClN3O2/c1-4-21-9-11(17)8-14(21)15(22)19-13-7-10(5-6-12(13)18)16(23)20(2)3/h5-9H,4H2,1-3H3,(H,19,22). The van der Waals surface area contributed by atoms with Crippen LogP contribution in [-0.2, 0) is 6.54 Å². The van der Waals surface area contributed by atoms with E-state index in [4.69, 9.17) is 11.6 Å². The Morgan fingerprint density at radius 2 is 2.00 bits per heavy atom. The van der Waals surface area contributed by atoms with Gasteiger partial charge in [-0.3, -0.25) is 9.59 Å². The van der Waals surface area contributed by atoms with Gasteiger partial charge < -0.3 is 14.8 Å². The van der Waals surface area contributed by atoms with E-state index in [1.54, 1.807) is 38.4 Å². The second-order valence-corrected chi connectivity index (χ2v) is 6.50. The minimum absolute atomic E-state index is 0.156. The van der Waals surface area contributed by atoms with Crippen LogP contribution in [0.3, 0.4) is 0 Å². The fourth-order valence-electron chi connectivity index (χ4n) is 2.13. The van der Waals surface area contributed by atoms with Crippen molar-refractivity contribution in [2.75, 3.05) is 19.4 Å². The molecule has 1 heterocycles. The van der Waals surface area contributed by atoms with E-state index in [1.807, 2.05) is 17.7 Å². The molecule has 0 saturated heterocycles. The first-order valence-electron chi connectivity index (χ1n) is 7.01. The molecule has 0 radical (unpaired) electrons. The number of nitrogens with one attached hydrogen (secondary N) is 1. The Kier molecular flexibility index (Phi) is 5.49. The average Bonchev–Trinajstić information content (AvgIpc) is 2.89. The molecule has 0 fully saturated rings. The monoisotopic (exact) mass is 397 g/mol. The first kappa shape index (κ1) is 17.6. The molecule has 1 N–H and O–H groups in total. The van der Waals surface area contributed by atoms with Crippen molar-refractivity contribution < 1.29 is 9.59 Å². The molecular formula is C16H17BrClN3O2. The van der Waals surface area contributed by atoms with E-state index >= 15 is 0 Å². The molecular weight excluding hydrogens is 382 g/mol. The van der Waals surface area contributed by atoms with Gasteiger partial charge in [0.1, 0.15) is 5.69 Å². The number of aryl methyl sites for hydroxylation is 1. The second kappa shape index (κ2) is 7.19. The van der Waals surface area contributed by atoms with E-state index < -0.39 is 0 Å². The Hall–Kier alpha value is -1.79. The van der Waals surface area contributed by atoms with Crippen LogP contribution in [0.5, 0.6) is 0 Å². The smallest absolute Gasteiger partial charge is 0.272 e. The minimum atomic E-state index is -0.283. The summed E-state index contributed by atoms with van der Waals surface area (Å²) < 4.78 is 2.65. The van der Waals surface area contributed by atoms with Crippen molar-refractivity contribution in [3.05, 3.63) is 51.2 Å². The number of anilines is 1. The molecule has 0 aliphatic rings. The van der Waals surface area contributed by atoms with Crippen molar-refractivity contribution in [1.29, 1.82) is 0 Å². The van der Waals surface area contributed by atoms with Crippen LogP contribution in [-0.4, -0.2) is 35.4 Å². The molecule has 0 aliphatic heterocycles. The highest BCUT2D eigenvalue weighted by Crippen LogP contribution is 2.25. The zero-order chi connectivity index (χ0) is 17.1. The quantitative estimate of drug-likeness (QED) is 0.850. The number of aromatic nitrogens is 1. The van der Waals surface area contributed by atoms with Crippen LogP contribution in [0.1, 0.15) is 27.8 Å². The first-order valence-corrected chi connectivity index (χ1v) is 8.18. The predicted molar refractivity (Wildman–Crippen MR) is 95.2 cm³/mol. The van der Waals surface area contributed by atoms with Gasteiger partial charge in [-0.15, -0.1) is 0 Å². The Morgan fingerprint density at radius 1 is 1.30 bits per heavy atom. The third-order valence-electron chi connectivity index (χ3n) is 3.30. The molecule has 7 heteroatoms. The molecule has 0 unspecified atom stereocenters. The summed E-state index contributed by atoms with van der Waals surface area (Å²) >= 11 is 9.50. The van der Waals surface area contributed by atoms with Crippen LogP contribution in [0, 0.1) is 0 Å². The molecule has 2 rings (SSSR count). The van der Waals surface area contributed by atoms with Gasteiger partial charge in [0.15, 0.2) is 0 Å². The number of carbonyl (C=O) groups excluding carboxylic acids is 2. The first-order chi connectivity index (χ1) is 10.8. The summed E-state index contributed by atoms with van der Waals surface area (Å²) in [5.74, 6) is -0.439. The maximum Gasteiger partial charge on any atom is 0.272 e. The molecule has 0 saturated carbocycles. The number of hydrogen-bond donors (Lipinski definition) is 1. The lowest BCUT2D eigenvalue weighted by molar-refractivity contribution is 0.0827. The maximum atomic E-state index is 12.5. The van der Waals surface area contributed by atoms with Gasteiger partial charge in [0.2, 0.25) is 0 Å². The largest absolute Gasteiger partial charge is 0.345 e. The number of nitrogens with zero attached hydrogens (tertiary/aromatic N) is 2. The summed E-state index contributed by atoms with van der Waals surface area (Å²) in [5.41, 5.74) is 1.38. The van der Waals surface area contributed by atoms with E-state index in [1.165, 1.54) is 4.90 Å². The predicted octanol–water partition coefficient (Wildman–Crippen LogP) is 3.88. The van der Waals surface area contributed by atoms with Crippen LogP contribution < -0.4 is 5.32 Å². The number of carbonyl (C=O) groups is 2. The van der Waals surface area contributed by atoms with Crippen LogP contribution in [0.25, 0.3) is 0 Å². The van der Waals surface area contributed by atoms with Gasteiger partial charge in [-0.2, -0.15) is 0 Å². The highest BCUT2D eigenvalue weighted by Gasteiger charge is 2.16. The third-order valence-corrected chi connectivity index (χ3v) is 4.07. The van der Waals surface area contributed by atoms with Crippen LogP contribution >= 0.6 is 27.5 Å². The zero-order valence-corrected chi connectivity index (χ0v) is 15.4. The molecule has 0 spiro atoms. The Labute approximate surface area is 148 Å². The summed E-state index contributed by atoms with van der Waals surface area (Å²) in [7, 11) is 3.34. The lowest BCUT2D eigenvalue weighted by Gasteiger charge is -2.13. The summed E-state index contributed by atoms with van der Waals surface area (Å²) in [5, 5.41) is 3.14. The zero-order valence-electron chi connectivity index (χ0n) is 13.1. The fourth-order valence-corrected chi connectivity index (χ4v) is 2.75. The molecule has 1 aromatic heterocycles. The van der Waals surface area contributed by atoms with E-state index in [0.29, 0.717) is 28.5 Å². The molecule has 2 aromatic rings. The summed E-state index contributed by atoms with van der Waals surface area (Å²) in [6, 6.07) is 6.55.